The van der Waals surface area contributed by atoms with Crippen LogP contribution in [0.4, 0.5) is 17.1 Å². The van der Waals surface area contributed by atoms with Gasteiger partial charge in [-0.15, -0.1) is 0 Å². The fraction of sp³-hybridized carbons (Fsp3) is 0.423. The van der Waals surface area contributed by atoms with Gasteiger partial charge in [0.2, 0.25) is 11.8 Å². The molecule has 2 amide bonds. The van der Waals surface area contributed by atoms with Crippen molar-refractivity contribution < 1.29 is 19.1 Å². The third-order valence-corrected chi connectivity index (χ3v) is 5.88. The smallest absolute Gasteiger partial charge is 0.237 e. The van der Waals surface area contributed by atoms with Gasteiger partial charge >= 0.3 is 0 Å². The summed E-state index contributed by atoms with van der Waals surface area (Å²) < 4.78 is 10.8. The number of methoxy groups -OCH3 is 2. The van der Waals surface area contributed by atoms with Gasteiger partial charge in [-0.2, -0.15) is 0 Å². The van der Waals surface area contributed by atoms with Crippen molar-refractivity contribution in [3.63, 3.8) is 0 Å². The van der Waals surface area contributed by atoms with Gasteiger partial charge in [0.15, 0.2) is 11.5 Å². The van der Waals surface area contributed by atoms with Crippen LogP contribution in [0, 0.1) is 0 Å². The van der Waals surface area contributed by atoms with Crippen LogP contribution in [0.5, 0.6) is 11.5 Å². The van der Waals surface area contributed by atoms with Crippen molar-refractivity contribution in [2.75, 3.05) is 51.6 Å². The first-order chi connectivity index (χ1) is 16.3. The van der Waals surface area contributed by atoms with Crippen molar-refractivity contribution in [2.24, 2.45) is 4.99 Å². The number of nitrogens with one attached hydrogen (secondary N) is 1. The van der Waals surface area contributed by atoms with Crippen LogP contribution in [0.1, 0.15) is 38.2 Å². The predicted octanol–water partition coefficient (Wildman–Crippen LogP) is 4.23. The Morgan fingerprint density at radius 2 is 1.71 bits per heavy atom. The Morgan fingerprint density at radius 3 is 2.26 bits per heavy atom. The molecule has 2 aromatic carbocycles. The molecule has 1 heterocycles. The van der Waals surface area contributed by atoms with Crippen LogP contribution >= 0.6 is 0 Å². The quantitative estimate of drug-likeness (QED) is 0.530. The molecule has 0 fully saturated rings. The maximum absolute atomic E-state index is 12.9. The number of rotatable bonds is 10. The molecule has 0 aromatic heterocycles. The zero-order valence-corrected chi connectivity index (χ0v) is 20.8. The van der Waals surface area contributed by atoms with Gasteiger partial charge in [0.1, 0.15) is 5.92 Å². The highest BCUT2D eigenvalue weighted by Crippen LogP contribution is 2.42. The first kappa shape index (κ1) is 25.2. The van der Waals surface area contributed by atoms with Crippen molar-refractivity contribution in [3.05, 3.63) is 42.0 Å². The summed E-state index contributed by atoms with van der Waals surface area (Å²) in [4.78, 5) is 33.7. The van der Waals surface area contributed by atoms with Gasteiger partial charge in [0.05, 0.1) is 19.9 Å². The van der Waals surface area contributed by atoms with E-state index in [-0.39, 0.29) is 11.8 Å². The van der Waals surface area contributed by atoms with Crippen LogP contribution in [0.15, 0.2) is 41.4 Å². The molecule has 2 aromatic rings. The molecule has 1 aliphatic heterocycles. The van der Waals surface area contributed by atoms with E-state index in [0.29, 0.717) is 30.2 Å². The lowest BCUT2D eigenvalue weighted by Gasteiger charge is -2.22. The number of benzene rings is 2. The molecule has 0 aliphatic carbocycles. The molecule has 1 atom stereocenters. The van der Waals surface area contributed by atoms with Crippen molar-refractivity contribution in [1.82, 2.24) is 4.90 Å². The van der Waals surface area contributed by atoms with Crippen molar-refractivity contribution in [2.45, 2.75) is 32.6 Å². The fourth-order valence-electron chi connectivity index (χ4n) is 4.15. The number of amides is 2. The van der Waals surface area contributed by atoms with E-state index in [0.717, 1.165) is 35.6 Å². The first-order valence-corrected chi connectivity index (χ1v) is 11.5. The average molecular weight is 467 g/mol. The maximum atomic E-state index is 12.9. The largest absolute Gasteiger partial charge is 0.493 e. The molecular weight excluding hydrogens is 432 g/mol. The van der Waals surface area contributed by atoms with Gasteiger partial charge in [-0.1, -0.05) is 6.92 Å². The van der Waals surface area contributed by atoms with Crippen LogP contribution in [0.2, 0.25) is 0 Å². The second kappa shape index (κ2) is 11.2. The number of fused-ring (bicyclic) bond motifs is 1. The number of hydrogen-bond donors (Lipinski definition) is 1. The monoisotopic (exact) mass is 466 g/mol. The first-order valence-electron chi connectivity index (χ1n) is 11.5. The number of ether oxygens (including phenoxy) is 2. The zero-order valence-electron chi connectivity index (χ0n) is 20.8. The molecule has 0 spiro atoms. The van der Waals surface area contributed by atoms with E-state index in [4.69, 9.17) is 14.5 Å². The number of nitrogens with zero attached hydrogens (tertiary/aromatic N) is 3. The van der Waals surface area contributed by atoms with Crippen LogP contribution < -0.4 is 19.7 Å². The zero-order chi connectivity index (χ0) is 24.8. The highest BCUT2D eigenvalue weighted by atomic mass is 16.5. The van der Waals surface area contributed by atoms with E-state index in [1.165, 1.54) is 0 Å². The number of carbonyl (C=O) groups is 2. The molecule has 8 nitrogen and oxygen atoms in total. The van der Waals surface area contributed by atoms with E-state index in [9.17, 15) is 9.59 Å². The number of hydrogen-bond acceptors (Lipinski definition) is 6. The standard InChI is InChI=1S/C26H34N4O4/c1-7-21(25-20-15-23(33-5)24(34-6)16-22(20)28-26(25)32)27-18-9-11-19(12-10-18)30(17(2)31)14-8-13-29(3)4/h9-12,15-16,25H,7-8,13-14H2,1-6H3,(H,28,32). The molecule has 8 heteroatoms. The van der Waals surface area contributed by atoms with Crippen LogP contribution in [-0.4, -0.2) is 63.8 Å². The Kier molecular flexibility index (Phi) is 8.28. The van der Waals surface area contributed by atoms with Gasteiger partial charge in [0.25, 0.3) is 0 Å². The predicted molar refractivity (Wildman–Crippen MR) is 136 cm³/mol. The second-order valence-corrected chi connectivity index (χ2v) is 8.52. The number of anilines is 2. The van der Waals surface area contributed by atoms with Crippen molar-refractivity contribution >= 4 is 34.6 Å². The summed E-state index contributed by atoms with van der Waals surface area (Å²) in [6, 6.07) is 11.2. The highest BCUT2D eigenvalue weighted by molar-refractivity contribution is 6.19. The van der Waals surface area contributed by atoms with E-state index < -0.39 is 5.92 Å². The van der Waals surface area contributed by atoms with Gasteiger partial charge in [-0.05, 0) is 69.4 Å². The molecule has 182 valence electrons. The molecule has 0 bridgehead atoms. The lowest BCUT2D eigenvalue weighted by Crippen LogP contribution is -2.31. The lowest BCUT2D eigenvalue weighted by atomic mass is 9.93. The summed E-state index contributed by atoms with van der Waals surface area (Å²) >= 11 is 0. The van der Waals surface area contributed by atoms with E-state index in [1.54, 1.807) is 32.1 Å². The van der Waals surface area contributed by atoms with Crippen LogP contribution in [0.3, 0.4) is 0 Å². The Hall–Kier alpha value is -3.39. The average Bonchev–Trinajstić information content (AvgIpc) is 3.13. The summed E-state index contributed by atoms with van der Waals surface area (Å²) in [5.74, 6) is 0.521. The second-order valence-electron chi connectivity index (χ2n) is 8.52. The molecule has 0 saturated carbocycles. The Morgan fingerprint density at radius 1 is 1.06 bits per heavy atom. The molecule has 1 N–H and O–H groups in total. The minimum Gasteiger partial charge on any atom is -0.493 e. The SMILES string of the molecule is CCC(=Nc1ccc(N(CCCN(C)C)C(C)=O)cc1)C1C(=O)Nc2cc(OC)c(OC)cc21. The van der Waals surface area contributed by atoms with Crippen LogP contribution in [0.25, 0.3) is 0 Å². The molecule has 3 rings (SSSR count). The summed E-state index contributed by atoms with van der Waals surface area (Å²) in [5.41, 5.74) is 3.86. The van der Waals surface area contributed by atoms with Crippen LogP contribution in [-0.2, 0) is 9.59 Å². The minimum absolute atomic E-state index is 0.00728. The molecule has 1 unspecified atom stereocenters. The highest BCUT2D eigenvalue weighted by Gasteiger charge is 2.35. The van der Waals surface area contributed by atoms with E-state index in [2.05, 4.69) is 10.2 Å². The van der Waals surface area contributed by atoms with Gasteiger partial charge in [-0.3, -0.25) is 14.6 Å². The molecular formula is C26H34N4O4. The molecule has 34 heavy (non-hydrogen) atoms. The van der Waals surface area contributed by atoms with Gasteiger partial charge in [-0.25, -0.2) is 0 Å². The number of aliphatic imine (C=N–C) groups is 1. The Bertz CT molecular complexity index is 1060. The summed E-state index contributed by atoms with van der Waals surface area (Å²) in [5, 5.41) is 2.94. The van der Waals surface area contributed by atoms with E-state index in [1.807, 2.05) is 51.4 Å². The van der Waals surface area contributed by atoms with Crippen molar-refractivity contribution in [1.29, 1.82) is 0 Å². The molecule has 0 saturated heterocycles. The van der Waals surface area contributed by atoms with Gasteiger partial charge in [0, 0.05) is 36.6 Å². The van der Waals surface area contributed by atoms with Crippen molar-refractivity contribution in [3.8, 4) is 11.5 Å². The summed E-state index contributed by atoms with van der Waals surface area (Å²) in [6.07, 6.45) is 1.49. The molecule has 1 aliphatic rings. The summed E-state index contributed by atoms with van der Waals surface area (Å²) in [7, 11) is 7.18. The van der Waals surface area contributed by atoms with Gasteiger partial charge < -0.3 is 24.6 Å². The number of carbonyl (C=O) groups excluding carboxylic acids is 2. The Balaban J connectivity index is 1.86. The lowest BCUT2D eigenvalue weighted by molar-refractivity contribution is -0.117. The Labute approximate surface area is 201 Å². The minimum atomic E-state index is -0.501. The molecule has 0 radical (unpaired) electrons. The third-order valence-electron chi connectivity index (χ3n) is 5.88. The maximum Gasteiger partial charge on any atom is 0.237 e. The fourth-order valence-corrected chi connectivity index (χ4v) is 4.15. The normalized spacial score (nSPS) is 15.2. The third kappa shape index (κ3) is 5.56. The van der Waals surface area contributed by atoms with E-state index >= 15 is 0 Å². The summed E-state index contributed by atoms with van der Waals surface area (Å²) in [6.45, 7) is 5.13. The topological polar surface area (TPSA) is 83.5 Å².